The van der Waals surface area contributed by atoms with E-state index < -0.39 is 0 Å². The zero-order valence-corrected chi connectivity index (χ0v) is 13.0. The van der Waals surface area contributed by atoms with Crippen molar-refractivity contribution in [3.05, 3.63) is 35.4 Å². The first-order valence-corrected chi connectivity index (χ1v) is 7.66. The molecule has 1 amide bonds. The van der Waals surface area contributed by atoms with Crippen LogP contribution in [-0.4, -0.2) is 34.8 Å². The molecule has 0 bridgehead atoms. The Morgan fingerprint density at radius 2 is 2.05 bits per heavy atom. The summed E-state index contributed by atoms with van der Waals surface area (Å²) in [5, 5.41) is 12.4. The summed E-state index contributed by atoms with van der Waals surface area (Å²) in [5.41, 5.74) is 2.79. The number of piperidine rings is 1. The lowest BCUT2D eigenvalue weighted by Gasteiger charge is -2.33. The number of nitrogens with zero attached hydrogens (tertiary/aromatic N) is 2. The Bertz CT molecular complexity index is 520. The van der Waals surface area contributed by atoms with Crippen LogP contribution < -0.4 is 0 Å². The Morgan fingerprint density at radius 3 is 2.57 bits per heavy atom. The summed E-state index contributed by atoms with van der Waals surface area (Å²) in [7, 11) is 0. The molecule has 4 heteroatoms. The van der Waals surface area contributed by atoms with Crippen molar-refractivity contribution in [1.29, 1.82) is 0 Å². The highest BCUT2D eigenvalue weighted by Gasteiger charge is 2.28. The lowest BCUT2D eigenvalue weighted by molar-refractivity contribution is 0.0729. The third-order valence-electron chi connectivity index (χ3n) is 4.28. The summed E-state index contributed by atoms with van der Waals surface area (Å²) in [6.45, 7) is 7.61. The second-order valence-electron chi connectivity index (χ2n) is 5.97. The van der Waals surface area contributed by atoms with Crippen molar-refractivity contribution in [2.45, 2.75) is 39.5 Å². The Hall–Kier alpha value is -1.84. The van der Waals surface area contributed by atoms with Crippen molar-refractivity contribution in [3.8, 4) is 0 Å². The fourth-order valence-electron chi connectivity index (χ4n) is 2.79. The number of benzene rings is 1. The van der Waals surface area contributed by atoms with Gasteiger partial charge in [-0.1, -0.05) is 38.1 Å². The average molecular weight is 288 g/mol. The zero-order valence-electron chi connectivity index (χ0n) is 13.0. The molecular formula is C17H24N2O2. The molecule has 1 heterocycles. The smallest absolute Gasteiger partial charge is 0.253 e. The minimum absolute atomic E-state index is 0.0701. The van der Waals surface area contributed by atoms with Gasteiger partial charge < -0.3 is 10.1 Å². The molecule has 1 aromatic carbocycles. The van der Waals surface area contributed by atoms with Crippen LogP contribution in [0, 0.1) is 5.92 Å². The molecule has 0 radical (unpaired) electrons. The zero-order chi connectivity index (χ0) is 15.4. The molecule has 0 saturated carbocycles. The van der Waals surface area contributed by atoms with Crippen LogP contribution in [0.4, 0.5) is 0 Å². The van der Waals surface area contributed by atoms with Gasteiger partial charge in [0, 0.05) is 31.0 Å². The summed E-state index contributed by atoms with van der Waals surface area (Å²) >= 11 is 0. The van der Waals surface area contributed by atoms with Gasteiger partial charge in [0.15, 0.2) is 0 Å². The van der Waals surface area contributed by atoms with E-state index in [2.05, 4.69) is 25.9 Å². The molecular weight excluding hydrogens is 264 g/mol. The molecule has 2 rings (SSSR count). The lowest BCUT2D eigenvalue weighted by Crippen LogP contribution is -2.44. The molecule has 0 aromatic heterocycles. The van der Waals surface area contributed by atoms with E-state index in [1.54, 1.807) is 0 Å². The van der Waals surface area contributed by atoms with E-state index in [0.29, 0.717) is 25.4 Å². The third-order valence-corrected chi connectivity index (χ3v) is 4.28. The van der Waals surface area contributed by atoms with Crippen molar-refractivity contribution in [3.63, 3.8) is 0 Å². The molecule has 0 aliphatic carbocycles. The summed E-state index contributed by atoms with van der Waals surface area (Å²) < 4.78 is 0. The van der Waals surface area contributed by atoms with Crippen molar-refractivity contribution in [2.75, 3.05) is 13.1 Å². The molecule has 1 unspecified atom stereocenters. The topological polar surface area (TPSA) is 52.9 Å². The minimum atomic E-state index is 0.0701. The maximum atomic E-state index is 12.6. The number of carbonyl (C=O) groups is 1. The number of rotatable bonds is 3. The predicted octanol–water partition coefficient (Wildman–Crippen LogP) is 3.51. The Kier molecular flexibility index (Phi) is 4.99. The normalized spacial score (nSPS) is 21.0. The summed E-state index contributed by atoms with van der Waals surface area (Å²) in [6, 6.07) is 7.88. The fourth-order valence-corrected chi connectivity index (χ4v) is 2.79. The fraction of sp³-hybridized carbons (Fsp3) is 0.529. The number of amides is 1. The molecule has 1 saturated heterocycles. The maximum Gasteiger partial charge on any atom is 0.253 e. The maximum absolute atomic E-state index is 12.6. The van der Waals surface area contributed by atoms with Crippen LogP contribution in [0.15, 0.2) is 29.4 Å². The SMILES string of the molecule is CCC1CN(C(=O)c2ccc(C(C)C)cc2)CC/C1=N\O. The van der Waals surface area contributed by atoms with E-state index in [9.17, 15) is 4.79 Å². The largest absolute Gasteiger partial charge is 0.411 e. The van der Waals surface area contributed by atoms with Crippen molar-refractivity contribution in [1.82, 2.24) is 4.90 Å². The summed E-state index contributed by atoms with van der Waals surface area (Å²) in [6.07, 6.45) is 1.54. The van der Waals surface area contributed by atoms with E-state index in [-0.39, 0.29) is 11.8 Å². The van der Waals surface area contributed by atoms with Gasteiger partial charge in [0.1, 0.15) is 0 Å². The third kappa shape index (κ3) is 3.43. The summed E-state index contributed by atoms with van der Waals surface area (Å²) in [5.74, 6) is 0.709. The van der Waals surface area contributed by atoms with Crippen LogP contribution in [0.2, 0.25) is 0 Å². The highest BCUT2D eigenvalue weighted by atomic mass is 16.4. The van der Waals surface area contributed by atoms with Gasteiger partial charge in [-0.2, -0.15) is 0 Å². The van der Waals surface area contributed by atoms with Gasteiger partial charge in [0.2, 0.25) is 0 Å². The number of hydrogen-bond donors (Lipinski definition) is 1. The van der Waals surface area contributed by atoms with Crippen molar-refractivity contribution >= 4 is 11.6 Å². The molecule has 1 atom stereocenters. The van der Waals surface area contributed by atoms with Gasteiger partial charge in [0.05, 0.1) is 5.71 Å². The van der Waals surface area contributed by atoms with Crippen LogP contribution in [0.1, 0.15) is 55.5 Å². The van der Waals surface area contributed by atoms with E-state index >= 15 is 0 Å². The van der Waals surface area contributed by atoms with Crippen molar-refractivity contribution in [2.24, 2.45) is 11.1 Å². The molecule has 1 aliphatic heterocycles. The number of likely N-dealkylation sites (tertiary alicyclic amines) is 1. The monoisotopic (exact) mass is 288 g/mol. The molecule has 4 nitrogen and oxygen atoms in total. The van der Waals surface area contributed by atoms with E-state index in [4.69, 9.17) is 5.21 Å². The molecule has 1 aliphatic rings. The highest BCUT2D eigenvalue weighted by Crippen LogP contribution is 2.21. The molecule has 21 heavy (non-hydrogen) atoms. The van der Waals surface area contributed by atoms with Crippen LogP contribution >= 0.6 is 0 Å². The van der Waals surface area contributed by atoms with Gasteiger partial charge >= 0.3 is 0 Å². The predicted molar refractivity (Wildman–Crippen MR) is 84.1 cm³/mol. The van der Waals surface area contributed by atoms with Gasteiger partial charge in [-0.05, 0) is 30.0 Å². The molecule has 1 N–H and O–H groups in total. The minimum Gasteiger partial charge on any atom is -0.411 e. The first-order valence-electron chi connectivity index (χ1n) is 7.66. The Labute approximate surface area is 126 Å². The Balaban J connectivity index is 2.09. The van der Waals surface area contributed by atoms with Gasteiger partial charge in [-0.25, -0.2) is 0 Å². The van der Waals surface area contributed by atoms with E-state index in [0.717, 1.165) is 17.7 Å². The van der Waals surface area contributed by atoms with E-state index in [1.807, 2.05) is 29.2 Å². The van der Waals surface area contributed by atoms with Crippen LogP contribution in [0.5, 0.6) is 0 Å². The summed E-state index contributed by atoms with van der Waals surface area (Å²) in [4.78, 5) is 14.4. The van der Waals surface area contributed by atoms with Crippen LogP contribution in [0.25, 0.3) is 0 Å². The Morgan fingerprint density at radius 1 is 1.38 bits per heavy atom. The van der Waals surface area contributed by atoms with Gasteiger partial charge in [0.25, 0.3) is 5.91 Å². The van der Waals surface area contributed by atoms with E-state index in [1.165, 1.54) is 5.56 Å². The lowest BCUT2D eigenvalue weighted by atomic mass is 9.92. The highest BCUT2D eigenvalue weighted by molar-refractivity contribution is 5.96. The molecule has 1 aromatic rings. The van der Waals surface area contributed by atoms with Crippen LogP contribution in [0.3, 0.4) is 0 Å². The van der Waals surface area contributed by atoms with Gasteiger partial charge in [-0.3, -0.25) is 4.79 Å². The molecule has 1 fully saturated rings. The first-order chi connectivity index (χ1) is 10.1. The van der Waals surface area contributed by atoms with Gasteiger partial charge in [-0.15, -0.1) is 0 Å². The van der Waals surface area contributed by atoms with Crippen molar-refractivity contribution < 1.29 is 10.0 Å². The molecule has 0 spiro atoms. The molecule has 114 valence electrons. The number of hydrogen-bond acceptors (Lipinski definition) is 3. The standard InChI is InChI=1S/C17H24N2O2/c1-4-13-11-19(10-9-16(13)18-21)17(20)15-7-5-14(6-8-15)12(2)3/h5-8,12-13,21H,4,9-11H2,1-3H3/b18-16+. The second-order valence-corrected chi connectivity index (χ2v) is 5.97. The first kappa shape index (κ1) is 15.5. The quantitative estimate of drug-likeness (QED) is 0.683. The second kappa shape index (κ2) is 6.74. The van der Waals surface area contributed by atoms with Crippen LogP contribution in [-0.2, 0) is 0 Å². The number of oxime groups is 1. The average Bonchev–Trinajstić information content (AvgIpc) is 2.53. The number of carbonyl (C=O) groups excluding carboxylic acids is 1.